The Labute approximate surface area is 83.8 Å². The van der Waals surface area contributed by atoms with Gasteiger partial charge in [0.15, 0.2) is 0 Å². The van der Waals surface area contributed by atoms with Gasteiger partial charge in [-0.1, -0.05) is 0 Å². The standard InChI is InChI=1S/C10H17NO3/c12-8-2-1-5-11(6-3-8)9-4-7-14-10(9)13/h8-9,12H,1-7H2. The number of hydrogen-bond acceptors (Lipinski definition) is 4. The van der Waals surface area contributed by atoms with Crippen molar-refractivity contribution in [2.24, 2.45) is 0 Å². The molecule has 2 atom stereocenters. The summed E-state index contributed by atoms with van der Waals surface area (Å²) in [6.07, 6.45) is 3.25. The topological polar surface area (TPSA) is 49.8 Å². The van der Waals surface area contributed by atoms with E-state index in [4.69, 9.17) is 4.74 Å². The van der Waals surface area contributed by atoms with Crippen molar-refractivity contribution in [3.8, 4) is 0 Å². The Morgan fingerprint density at radius 3 is 2.86 bits per heavy atom. The summed E-state index contributed by atoms with van der Waals surface area (Å²) < 4.78 is 4.94. The maximum Gasteiger partial charge on any atom is 0.323 e. The van der Waals surface area contributed by atoms with Crippen LogP contribution in [-0.2, 0) is 9.53 Å². The van der Waals surface area contributed by atoms with Gasteiger partial charge in [-0.15, -0.1) is 0 Å². The number of ether oxygens (including phenoxy) is 1. The van der Waals surface area contributed by atoms with Crippen molar-refractivity contribution in [3.63, 3.8) is 0 Å². The highest BCUT2D eigenvalue weighted by molar-refractivity contribution is 5.77. The number of carbonyl (C=O) groups is 1. The fraction of sp³-hybridized carbons (Fsp3) is 0.900. The van der Waals surface area contributed by atoms with Gasteiger partial charge in [-0.25, -0.2) is 0 Å². The van der Waals surface area contributed by atoms with E-state index >= 15 is 0 Å². The molecular formula is C10H17NO3. The molecule has 4 nitrogen and oxygen atoms in total. The zero-order valence-corrected chi connectivity index (χ0v) is 8.32. The SMILES string of the molecule is O=C1OCCC1N1CCCC(O)CC1. The van der Waals surface area contributed by atoms with E-state index < -0.39 is 0 Å². The summed E-state index contributed by atoms with van der Waals surface area (Å²) in [4.78, 5) is 13.5. The minimum atomic E-state index is -0.183. The summed E-state index contributed by atoms with van der Waals surface area (Å²) in [6, 6.07) is -0.0414. The number of carbonyl (C=O) groups excluding carboxylic acids is 1. The summed E-state index contributed by atoms with van der Waals surface area (Å²) in [5, 5.41) is 9.47. The van der Waals surface area contributed by atoms with Crippen LogP contribution in [0.1, 0.15) is 25.7 Å². The van der Waals surface area contributed by atoms with Crippen LogP contribution in [0.3, 0.4) is 0 Å². The average Bonchev–Trinajstić information content (AvgIpc) is 2.46. The largest absolute Gasteiger partial charge is 0.464 e. The van der Waals surface area contributed by atoms with Crippen LogP contribution in [0.2, 0.25) is 0 Å². The van der Waals surface area contributed by atoms with Gasteiger partial charge in [-0.2, -0.15) is 0 Å². The van der Waals surface area contributed by atoms with Crippen LogP contribution in [0.15, 0.2) is 0 Å². The van der Waals surface area contributed by atoms with Crippen molar-refractivity contribution in [1.82, 2.24) is 4.90 Å². The highest BCUT2D eigenvalue weighted by atomic mass is 16.5. The summed E-state index contributed by atoms with van der Waals surface area (Å²) >= 11 is 0. The van der Waals surface area contributed by atoms with Crippen LogP contribution >= 0.6 is 0 Å². The zero-order chi connectivity index (χ0) is 9.97. The highest BCUT2D eigenvalue weighted by Crippen LogP contribution is 2.19. The van der Waals surface area contributed by atoms with E-state index in [1.54, 1.807) is 0 Å². The second-order valence-electron chi connectivity index (χ2n) is 4.09. The Hall–Kier alpha value is -0.610. The number of cyclic esters (lactones) is 1. The minimum absolute atomic E-state index is 0.0414. The van der Waals surface area contributed by atoms with Crippen molar-refractivity contribution in [2.45, 2.75) is 37.8 Å². The summed E-state index contributed by atoms with van der Waals surface area (Å²) in [6.45, 7) is 2.29. The van der Waals surface area contributed by atoms with Crippen molar-refractivity contribution in [2.75, 3.05) is 19.7 Å². The Morgan fingerprint density at radius 1 is 1.29 bits per heavy atom. The van der Waals surface area contributed by atoms with Gasteiger partial charge in [0.1, 0.15) is 6.04 Å². The molecule has 0 bridgehead atoms. The van der Waals surface area contributed by atoms with Gasteiger partial charge in [0.25, 0.3) is 0 Å². The Balaban J connectivity index is 1.93. The van der Waals surface area contributed by atoms with Crippen LogP contribution < -0.4 is 0 Å². The number of hydrogen-bond donors (Lipinski definition) is 1. The van der Waals surface area contributed by atoms with E-state index in [2.05, 4.69) is 4.90 Å². The van der Waals surface area contributed by atoms with Gasteiger partial charge in [-0.3, -0.25) is 9.69 Å². The van der Waals surface area contributed by atoms with Crippen LogP contribution in [0.5, 0.6) is 0 Å². The molecule has 2 unspecified atom stereocenters. The molecule has 0 aromatic heterocycles. The maximum absolute atomic E-state index is 11.3. The third-order valence-electron chi connectivity index (χ3n) is 3.08. The van der Waals surface area contributed by atoms with E-state index in [-0.39, 0.29) is 18.1 Å². The third kappa shape index (κ3) is 2.07. The lowest BCUT2D eigenvalue weighted by molar-refractivity contribution is -0.142. The van der Waals surface area contributed by atoms with Crippen molar-refractivity contribution < 1.29 is 14.6 Å². The summed E-state index contributed by atoms with van der Waals surface area (Å²) in [5.41, 5.74) is 0. The summed E-state index contributed by atoms with van der Waals surface area (Å²) in [5.74, 6) is -0.0820. The number of aliphatic hydroxyl groups is 1. The molecule has 0 radical (unpaired) electrons. The van der Waals surface area contributed by atoms with Gasteiger partial charge in [-0.05, 0) is 25.8 Å². The molecule has 0 saturated carbocycles. The summed E-state index contributed by atoms with van der Waals surface area (Å²) in [7, 11) is 0. The highest BCUT2D eigenvalue weighted by Gasteiger charge is 2.32. The molecule has 0 aromatic rings. The molecule has 0 aromatic carbocycles. The molecule has 2 aliphatic heterocycles. The second kappa shape index (κ2) is 4.28. The van der Waals surface area contributed by atoms with Gasteiger partial charge in [0.2, 0.25) is 0 Å². The van der Waals surface area contributed by atoms with Gasteiger partial charge in [0.05, 0.1) is 12.7 Å². The molecule has 1 N–H and O–H groups in total. The van der Waals surface area contributed by atoms with E-state index in [1.807, 2.05) is 0 Å². The molecular weight excluding hydrogens is 182 g/mol. The van der Waals surface area contributed by atoms with Crippen LogP contribution in [0.4, 0.5) is 0 Å². The van der Waals surface area contributed by atoms with Crippen LogP contribution in [-0.4, -0.2) is 47.8 Å². The number of esters is 1. The van der Waals surface area contributed by atoms with Crippen molar-refractivity contribution in [3.05, 3.63) is 0 Å². The fourth-order valence-electron chi connectivity index (χ4n) is 2.23. The Morgan fingerprint density at radius 2 is 2.14 bits per heavy atom. The molecule has 2 rings (SSSR count). The van der Waals surface area contributed by atoms with E-state index in [0.29, 0.717) is 6.61 Å². The lowest BCUT2D eigenvalue weighted by Crippen LogP contribution is -2.39. The molecule has 0 spiro atoms. The lowest BCUT2D eigenvalue weighted by Gasteiger charge is -2.23. The molecule has 0 aliphatic carbocycles. The predicted octanol–water partition coefficient (Wildman–Crippen LogP) is 0.149. The first-order valence-corrected chi connectivity index (χ1v) is 5.36. The molecule has 4 heteroatoms. The number of nitrogens with zero attached hydrogens (tertiary/aromatic N) is 1. The zero-order valence-electron chi connectivity index (χ0n) is 8.32. The molecule has 2 saturated heterocycles. The first-order chi connectivity index (χ1) is 6.77. The van der Waals surface area contributed by atoms with Crippen molar-refractivity contribution >= 4 is 5.97 Å². The third-order valence-corrected chi connectivity index (χ3v) is 3.08. The first kappa shape index (κ1) is 9.93. The normalized spacial score (nSPS) is 35.4. The Kier molecular flexibility index (Phi) is 3.03. The number of likely N-dealkylation sites (tertiary alicyclic amines) is 1. The smallest absolute Gasteiger partial charge is 0.323 e. The quantitative estimate of drug-likeness (QED) is 0.611. The maximum atomic E-state index is 11.3. The average molecular weight is 199 g/mol. The van der Waals surface area contributed by atoms with Gasteiger partial charge in [0, 0.05) is 13.0 Å². The van der Waals surface area contributed by atoms with Crippen molar-refractivity contribution in [1.29, 1.82) is 0 Å². The predicted molar refractivity (Wildman–Crippen MR) is 50.8 cm³/mol. The fourth-order valence-corrected chi connectivity index (χ4v) is 2.23. The second-order valence-corrected chi connectivity index (χ2v) is 4.09. The molecule has 2 heterocycles. The monoisotopic (exact) mass is 199 g/mol. The van der Waals surface area contributed by atoms with E-state index in [9.17, 15) is 9.90 Å². The molecule has 14 heavy (non-hydrogen) atoms. The van der Waals surface area contributed by atoms with Crippen LogP contribution in [0, 0.1) is 0 Å². The molecule has 2 aliphatic rings. The molecule has 80 valence electrons. The first-order valence-electron chi connectivity index (χ1n) is 5.36. The van der Waals surface area contributed by atoms with E-state index in [0.717, 1.165) is 38.8 Å². The van der Waals surface area contributed by atoms with Crippen LogP contribution in [0.25, 0.3) is 0 Å². The number of rotatable bonds is 1. The molecule has 0 amide bonds. The minimum Gasteiger partial charge on any atom is -0.464 e. The lowest BCUT2D eigenvalue weighted by atomic mass is 10.2. The number of aliphatic hydroxyl groups excluding tert-OH is 1. The van der Waals surface area contributed by atoms with Gasteiger partial charge >= 0.3 is 5.97 Å². The Bertz CT molecular complexity index is 219. The van der Waals surface area contributed by atoms with E-state index in [1.165, 1.54) is 0 Å². The molecule has 2 fully saturated rings. The van der Waals surface area contributed by atoms with Gasteiger partial charge < -0.3 is 9.84 Å².